The normalized spacial score (nSPS) is 11.4. The van der Waals surface area contributed by atoms with Crippen LogP contribution in [0.15, 0.2) is 55.1 Å². The molecule has 0 amide bonds. The third-order valence-corrected chi connectivity index (χ3v) is 3.59. The summed E-state index contributed by atoms with van der Waals surface area (Å²) in [5.41, 5.74) is 4.19. The molecule has 0 spiro atoms. The Kier molecular flexibility index (Phi) is 2.00. The van der Waals surface area contributed by atoms with E-state index in [0.717, 1.165) is 33.0 Å². The molecular formula is C17H12N2. The standard InChI is InChI=1S/C17H12N2/c1-2-11-12-7-3-5-9-14(12)18-17-16(11)13-8-4-6-10-15(13)19-17/h2-10H,1H2,(H,18,19). The lowest BCUT2D eigenvalue weighted by Gasteiger charge is -2.04. The van der Waals surface area contributed by atoms with E-state index in [4.69, 9.17) is 4.98 Å². The zero-order chi connectivity index (χ0) is 12.8. The molecule has 0 bridgehead atoms. The van der Waals surface area contributed by atoms with Gasteiger partial charge in [0.25, 0.3) is 0 Å². The third-order valence-electron chi connectivity index (χ3n) is 3.59. The van der Waals surface area contributed by atoms with Crippen molar-refractivity contribution in [3.63, 3.8) is 0 Å². The van der Waals surface area contributed by atoms with Crippen LogP contribution in [0.25, 0.3) is 38.9 Å². The highest BCUT2D eigenvalue weighted by Crippen LogP contribution is 2.32. The second-order valence-electron chi connectivity index (χ2n) is 4.64. The van der Waals surface area contributed by atoms with Crippen LogP contribution in [0.1, 0.15) is 5.56 Å². The van der Waals surface area contributed by atoms with Crippen LogP contribution in [0.3, 0.4) is 0 Å². The largest absolute Gasteiger partial charge is 0.339 e. The van der Waals surface area contributed by atoms with Crippen LogP contribution >= 0.6 is 0 Å². The van der Waals surface area contributed by atoms with Crippen LogP contribution in [0.5, 0.6) is 0 Å². The first-order valence-electron chi connectivity index (χ1n) is 6.30. The summed E-state index contributed by atoms with van der Waals surface area (Å²) >= 11 is 0. The molecule has 4 rings (SSSR count). The Hall–Kier alpha value is -2.61. The predicted molar refractivity (Wildman–Crippen MR) is 81.2 cm³/mol. The van der Waals surface area contributed by atoms with E-state index in [1.54, 1.807) is 0 Å². The van der Waals surface area contributed by atoms with E-state index in [2.05, 4.69) is 35.8 Å². The van der Waals surface area contributed by atoms with Crippen LogP contribution in [0, 0.1) is 0 Å². The fourth-order valence-electron chi connectivity index (χ4n) is 2.75. The highest BCUT2D eigenvalue weighted by atomic mass is 14.9. The molecule has 0 radical (unpaired) electrons. The summed E-state index contributed by atoms with van der Waals surface area (Å²) in [5, 5.41) is 3.50. The van der Waals surface area contributed by atoms with Gasteiger partial charge in [-0.05, 0) is 17.7 Å². The molecule has 0 fully saturated rings. The topological polar surface area (TPSA) is 28.7 Å². The van der Waals surface area contributed by atoms with Gasteiger partial charge in [0.1, 0.15) is 5.65 Å². The van der Waals surface area contributed by atoms with Crippen LogP contribution in [-0.4, -0.2) is 9.97 Å². The number of pyridine rings is 1. The van der Waals surface area contributed by atoms with Gasteiger partial charge in [-0.15, -0.1) is 0 Å². The summed E-state index contributed by atoms with van der Waals surface area (Å²) in [5.74, 6) is 0. The fraction of sp³-hybridized carbons (Fsp3) is 0. The molecule has 19 heavy (non-hydrogen) atoms. The molecule has 0 saturated carbocycles. The molecule has 4 aromatic rings. The number of aromatic amines is 1. The molecule has 0 aliphatic rings. The average Bonchev–Trinajstić information content (AvgIpc) is 2.82. The van der Waals surface area contributed by atoms with Crippen LogP contribution in [0.4, 0.5) is 0 Å². The summed E-state index contributed by atoms with van der Waals surface area (Å²) in [4.78, 5) is 8.11. The molecule has 2 aromatic carbocycles. The Morgan fingerprint density at radius 1 is 0.947 bits per heavy atom. The van der Waals surface area contributed by atoms with Gasteiger partial charge in [-0.3, -0.25) is 0 Å². The minimum atomic E-state index is 0.926. The summed E-state index contributed by atoms with van der Waals surface area (Å²) in [7, 11) is 0. The Morgan fingerprint density at radius 3 is 2.53 bits per heavy atom. The quantitative estimate of drug-likeness (QED) is 0.524. The lowest BCUT2D eigenvalue weighted by Crippen LogP contribution is -1.85. The molecule has 0 aliphatic heterocycles. The Labute approximate surface area is 110 Å². The number of aromatic nitrogens is 2. The van der Waals surface area contributed by atoms with Crippen molar-refractivity contribution in [2.24, 2.45) is 0 Å². The lowest BCUT2D eigenvalue weighted by molar-refractivity contribution is 1.40. The maximum absolute atomic E-state index is 4.72. The van der Waals surface area contributed by atoms with Crippen molar-refractivity contribution in [1.29, 1.82) is 0 Å². The molecule has 0 aliphatic carbocycles. The van der Waals surface area contributed by atoms with E-state index in [1.807, 2.05) is 30.3 Å². The number of hydrogen-bond acceptors (Lipinski definition) is 1. The van der Waals surface area contributed by atoms with Crippen LogP contribution < -0.4 is 0 Å². The van der Waals surface area contributed by atoms with Gasteiger partial charge in [-0.2, -0.15) is 0 Å². The first-order valence-corrected chi connectivity index (χ1v) is 6.30. The number of benzene rings is 2. The van der Waals surface area contributed by atoms with Gasteiger partial charge >= 0.3 is 0 Å². The van der Waals surface area contributed by atoms with Crippen molar-refractivity contribution in [3.05, 3.63) is 60.7 Å². The number of fused-ring (bicyclic) bond motifs is 4. The Bertz CT molecular complexity index is 932. The Morgan fingerprint density at radius 2 is 1.68 bits per heavy atom. The number of para-hydroxylation sites is 2. The summed E-state index contributed by atoms with van der Waals surface area (Å²) in [6.45, 7) is 3.98. The van der Waals surface area contributed by atoms with Gasteiger partial charge in [-0.1, -0.05) is 49.1 Å². The summed E-state index contributed by atoms with van der Waals surface area (Å²) in [6.07, 6.45) is 1.92. The van der Waals surface area contributed by atoms with E-state index in [9.17, 15) is 0 Å². The van der Waals surface area contributed by atoms with Crippen molar-refractivity contribution in [2.45, 2.75) is 0 Å². The van der Waals surface area contributed by atoms with Gasteiger partial charge in [0, 0.05) is 21.7 Å². The Balaban J connectivity index is 2.36. The highest BCUT2D eigenvalue weighted by Gasteiger charge is 2.11. The molecule has 0 unspecified atom stereocenters. The van der Waals surface area contributed by atoms with Crippen molar-refractivity contribution in [1.82, 2.24) is 9.97 Å². The molecule has 0 saturated heterocycles. The molecule has 2 heterocycles. The fourth-order valence-corrected chi connectivity index (χ4v) is 2.75. The zero-order valence-corrected chi connectivity index (χ0v) is 10.4. The molecule has 0 atom stereocenters. The molecule has 2 aromatic heterocycles. The molecular weight excluding hydrogens is 232 g/mol. The van der Waals surface area contributed by atoms with Crippen LogP contribution in [-0.2, 0) is 0 Å². The second-order valence-corrected chi connectivity index (χ2v) is 4.64. The number of nitrogens with zero attached hydrogens (tertiary/aromatic N) is 1. The molecule has 2 heteroatoms. The van der Waals surface area contributed by atoms with Crippen molar-refractivity contribution in [2.75, 3.05) is 0 Å². The maximum Gasteiger partial charge on any atom is 0.139 e. The van der Waals surface area contributed by atoms with Crippen molar-refractivity contribution >= 4 is 38.9 Å². The number of H-pyrrole nitrogens is 1. The van der Waals surface area contributed by atoms with Crippen molar-refractivity contribution < 1.29 is 0 Å². The van der Waals surface area contributed by atoms with E-state index >= 15 is 0 Å². The SMILES string of the molecule is C=Cc1c2ccccc2nc2[nH]c3ccccc3c12. The summed E-state index contributed by atoms with van der Waals surface area (Å²) in [6, 6.07) is 16.5. The number of rotatable bonds is 1. The lowest BCUT2D eigenvalue weighted by atomic mass is 10.0. The maximum atomic E-state index is 4.72. The van der Waals surface area contributed by atoms with E-state index in [-0.39, 0.29) is 0 Å². The molecule has 2 nitrogen and oxygen atoms in total. The van der Waals surface area contributed by atoms with E-state index in [0.29, 0.717) is 0 Å². The van der Waals surface area contributed by atoms with Gasteiger partial charge in [0.2, 0.25) is 0 Å². The molecule has 90 valence electrons. The predicted octanol–water partition coefficient (Wildman–Crippen LogP) is 4.51. The van der Waals surface area contributed by atoms with Gasteiger partial charge < -0.3 is 4.98 Å². The highest BCUT2D eigenvalue weighted by molar-refractivity contribution is 6.14. The first kappa shape index (κ1) is 10.3. The monoisotopic (exact) mass is 244 g/mol. The van der Waals surface area contributed by atoms with Crippen molar-refractivity contribution in [3.8, 4) is 0 Å². The number of hydrogen-bond donors (Lipinski definition) is 1. The van der Waals surface area contributed by atoms with Gasteiger partial charge in [-0.25, -0.2) is 4.98 Å². The minimum absolute atomic E-state index is 0.926. The zero-order valence-electron chi connectivity index (χ0n) is 10.4. The smallest absolute Gasteiger partial charge is 0.139 e. The first-order chi connectivity index (χ1) is 9.38. The average molecular weight is 244 g/mol. The number of nitrogens with one attached hydrogen (secondary N) is 1. The van der Waals surface area contributed by atoms with E-state index < -0.39 is 0 Å². The van der Waals surface area contributed by atoms with Gasteiger partial charge in [0.05, 0.1) is 5.52 Å². The minimum Gasteiger partial charge on any atom is -0.339 e. The van der Waals surface area contributed by atoms with Crippen LogP contribution in [0.2, 0.25) is 0 Å². The van der Waals surface area contributed by atoms with E-state index in [1.165, 1.54) is 5.39 Å². The molecule has 1 N–H and O–H groups in total. The summed E-state index contributed by atoms with van der Waals surface area (Å²) < 4.78 is 0. The second kappa shape index (κ2) is 3.69. The third kappa shape index (κ3) is 1.34. The van der Waals surface area contributed by atoms with Gasteiger partial charge in [0.15, 0.2) is 0 Å².